The Morgan fingerprint density at radius 2 is 1.56 bits per heavy atom. The molecule has 4 saturated carbocycles. The molecule has 0 radical (unpaired) electrons. The minimum Gasteiger partial charge on any atom is -0.389 e. The first-order valence-corrected chi connectivity index (χ1v) is 16.0. The first-order valence-electron chi connectivity index (χ1n) is 16.0. The Kier molecular flexibility index (Phi) is 7.81. The van der Waals surface area contributed by atoms with E-state index in [0.717, 1.165) is 51.4 Å². The Labute approximate surface area is 250 Å². The lowest BCUT2D eigenvalue weighted by molar-refractivity contribution is -0.158. The molecule has 0 spiro atoms. The Morgan fingerprint density at radius 1 is 0.860 bits per heavy atom. The summed E-state index contributed by atoms with van der Waals surface area (Å²) in [6, 6.07) is 1.66. The van der Waals surface area contributed by atoms with Crippen LogP contribution < -0.4 is 0 Å². The Morgan fingerprint density at radius 3 is 2.23 bits per heavy atom. The van der Waals surface area contributed by atoms with Crippen LogP contribution in [-0.2, 0) is 23.7 Å². The van der Waals surface area contributed by atoms with E-state index in [4.69, 9.17) is 0 Å². The van der Waals surface area contributed by atoms with E-state index < -0.39 is 29.1 Å². The van der Waals surface area contributed by atoms with E-state index in [9.17, 15) is 36.2 Å². The van der Waals surface area contributed by atoms with Crippen molar-refractivity contribution in [3.63, 3.8) is 0 Å². The van der Waals surface area contributed by atoms with Crippen LogP contribution in [0.25, 0.3) is 0 Å². The molecule has 1 heterocycles. The second kappa shape index (κ2) is 10.7. The minimum absolute atomic E-state index is 0.142. The number of carbonyl (C=O) groups excluding carboxylic acids is 1. The number of Topliss-reactive ketones (excluding diaryl/α,β-unsaturated/α-hetero) is 1. The molecular formula is C33H44F6N2O2. The zero-order valence-electron chi connectivity index (χ0n) is 25.2. The molecule has 0 aromatic heterocycles. The van der Waals surface area contributed by atoms with Crippen molar-refractivity contribution in [2.24, 2.45) is 34.5 Å². The quantitative estimate of drug-likeness (QED) is 0.365. The number of nitrogens with zero attached hydrogens (tertiary/aromatic N) is 2. The maximum Gasteiger partial charge on any atom is 0.416 e. The van der Waals surface area contributed by atoms with Crippen molar-refractivity contribution in [3.05, 3.63) is 34.9 Å². The number of carbonyl (C=O) groups is 1. The first-order chi connectivity index (χ1) is 20.0. The van der Waals surface area contributed by atoms with Gasteiger partial charge in [0.1, 0.15) is 5.78 Å². The summed E-state index contributed by atoms with van der Waals surface area (Å²) in [4.78, 5) is 16.7. The average Bonchev–Trinajstić information content (AvgIpc) is 3.23. The van der Waals surface area contributed by atoms with Crippen LogP contribution in [0.3, 0.4) is 0 Å². The van der Waals surface area contributed by atoms with Gasteiger partial charge in [-0.3, -0.25) is 14.6 Å². The van der Waals surface area contributed by atoms with Crippen molar-refractivity contribution in [2.45, 2.75) is 96.1 Å². The Balaban J connectivity index is 1.06. The van der Waals surface area contributed by atoms with E-state index in [1.54, 1.807) is 4.90 Å². The van der Waals surface area contributed by atoms with Crippen LogP contribution in [0.4, 0.5) is 26.3 Å². The van der Waals surface area contributed by atoms with Crippen molar-refractivity contribution >= 4 is 5.78 Å². The van der Waals surface area contributed by atoms with Crippen LogP contribution in [0.15, 0.2) is 18.2 Å². The van der Waals surface area contributed by atoms with Gasteiger partial charge >= 0.3 is 12.4 Å². The number of benzene rings is 1. The fourth-order valence-corrected chi connectivity index (χ4v) is 10.2. The summed E-state index contributed by atoms with van der Waals surface area (Å²) < 4.78 is 80.4. The minimum atomic E-state index is -4.73. The highest BCUT2D eigenvalue weighted by atomic mass is 19.4. The van der Waals surface area contributed by atoms with Crippen molar-refractivity contribution in [3.8, 4) is 0 Å². The number of fused-ring (bicyclic) bond motifs is 5. The van der Waals surface area contributed by atoms with Gasteiger partial charge in [-0.25, -0.2) is 0 Å². The summed E-state index contributed by atoms with van der Waals surface area (Å²) in [5.41, 5.74) is -3.26. The molecule has 240 valence electrons. The van der Waals surface area contributed by atoms with Gasteiger partial charge in [0.2, 0.25) is 0 Å². The van der Waals surface area contributed by atoms with Crippen LogP contribution in [0.2, 0.25) is 0 Å². The summed E-state index contributed by atoms with van der Waals surface area (Å²) >= 11 is 0. The van der Waals surface area contributed by atoms with Gasteiger partial charge in [-0.1, -0.05) is 13.8 Å². The normalized spacial score (nSPS) is 39.3. The van der Waals surface area contributed by atoms with Gasteiger partial charge in [0.25, 0.3) is 0 Å². The van der Waals surface area contributed by atoms with Gasteiger partial charge in [-0.05, 0) is 104 Å². The number of hydrogen-bond acceptors (Lipinski definition) is 4. The van der Waals surface area contributed by atoms with E-state index >= 15 is 0 Å². The molecule has 0 bridgehead atoms. The van der Waals surface area contributed by atoms with E-state index in [1.807, 2.05) is 0 Å². The average molecular weight is 615 g/mol. The lowest BCUT2D eigenvalue weighted by atomic mass is 9.44. The molecule has 4 nitrogen and oxygen atoms in total. The molecule has 4 aliphatic carbocycles. The Bertz CT molecular complexity index is 1230. The van der Waals surface area contributed by atoms with Gasteiger partial charge in [0.05, 0.1) is 16.7 Å². The SMILES string of the molecule is C[C@]12CCC(O)(CN3CCN(Cc4cc(C(F)(F)F)ccc4C(F)(F)F)CC3)CC1CC[C@@H]1[C@H]2CC[C@]2(C)C(=O)CC[C@@H]12. The first kappa shape index (κ1) is 31.3. The fraction of sp³-hybridized carbons (Fsp3) is 0.788. The third-order valence-electron chi connectivity index (χ3n) is 12.6. The van der Waals surface area contributed by atoms with Gasteiger partial charge in [0, 0.05) is 51.1 Å². The number of alkyl halides is 6. The van der Waals surface area contributed by atoms with Gasteiger partial charge in [-0.2, -0.15) is 26.3 Å². The van der Waals surface area contributed by atoms with Crippen molar-refractivity contribution in [1.29, 1.82) is 0 Å². The lowest BCUT2D eigenvalue weighted by Gasteiger charge is -2.61. The molecule has 10 heteroatoms. The summed E-state index contributed by atoms with van der Waals surface area (Å²) in [5, 5.41) is 11.8. The number of β-amino-alcohol motifs (C(OH)–C–C–N with tert-alkyl or cyclic N) is 1. The molecule has 5 fully saturated rings. The van der Waals surface area contributed by atoms with Crippen LogP contribution in [0.1, 0.15) is 88.3 Å². The van der Waals surface area contributed by atoms with E-state index in [2.05, 4.69) is 18.7 Å². The third kappa shape index (κ3) is 5.66. The van der Waals surface area contributed by atoms with Crippen molar-refractivity contribution in [2.75, 3.05) is 32.7 Å². The molecular weight excluding hydrogens is 570 g/mol. The van der Waals surface area contributed by atoms with Crippen LogP contribution in [0.5, 0.6) is 0 Å². The molecule has 1 N–H and O–H groups in total. The molecule has 1 aromatic rings. The molecule has 43 heavy (non-hydrogen) atoms. The van der Waals surface area contributed by atoms with Crippen LogP contribution in [0, 0.1) is 34.5 Å². The van der Waals surface area contributed by atoms with Crippen LogP contribution in [-0.4, -0.2) is 59.0 Å². The third-order valence-corrected chi connectivity index (χ3v) is 12.6. The number of rotatable bonds is 4. The molecule has 7 atom stereocenters. The van der Waals surface area contributed by atoms with Crippen LogP contribution >= 0.6 is 0 Å². The molecule has 6 rings (SSSR count). The molecule has 1 aromatic carbocycles. The van der Waals surface area contributed by atoms with E-state index in [-0.39, 0.29) is 22.9 Å². The number of hydrogen-bond donors (Lipinski definition) is 1. The highest BCUT2D eigenvalue weighted by molar-refractivity contribution is 5.87. The summed E-state index contributed by atoms with van der Waals surface area (Å²) in [6.45, 7) is 6.87. The largest absolute Gasteiger partial charge is 0.416 e. The molecule has 1 aliphatic heterocycles. The summed E-state index contributed by atoms with van der Waals surface area (Å²) in [7, 11) is 0. The zero-order valence-corrected chi connectivity index (χ0v) is 25.2. The van der Waals surface area contributed by atoms with Gasteiger partial charge in [-0.15, -0.1) is 0 Å². The van der Waals surface area contributed by atoms with Crippen molar-refractivity contribution in [1.82, 2.24) is 9.80 Å². The lowest BCUT2D eigenvalue weighted by Crippen LogP contribution is -2.59. The molecule has 1 saturated heterocycles. The number of aliphatic hydroxyl groups is 1. The molecule has 0 amide bonds. The van der Waals surface area contributed by atoms with Gasteiger partial charge in [0.15, 0.2) is 0 Å². The standard InChI is InChI=1S/C33H44F6N2O2/c1-29-11-12-31(43,18-23(29)3-5-24-26-7-8-28(42)30(26,2)10-9-27(24)29)20-41-15-13-40(14-16-41)19-21-17-22(32(34,35)36)4-6-25(21)33(37,38)39/h4,6,17,23-24,26-27,43H,3,5,7-16,18-20H2,1-2H3/t23?,24-,26-,27+,29-,30-,31?/m0/s1. The highest BCUT2D eigenvalue weighted by Gasteiger charge is 2.61. The fourth-order valence-electron chi connectivity index (χ4n) is 10.2. The summed E-state index contributed by atoms with van der Waals surface area (Å²) in [5.74, 6) is 2.58. The summed E-state index contributed by atoms with van der Waals surface area (Å²) in [6.07, 6.45) is -0.993. The smallest absolute Gasteiger partial charge is 0.389 e. The predicted molar refractivity (Wildman–Crippen MR) is 150 cm³/mol. The molecule has 2 unspecified atom stereocenters. The van der Waals surface area contributed by atoms with Crippen molar-refractivity contribution < 1.29 is 36.2 Å². The van der Waals surface area contributed by atoms with E-state index in [0.29, 0.717) is 86.8 Å². The maximum absolute atomic E-state index is 13.6. The highest BCUT2D eigenvalue weighted by Crippen LogP contribution is 2.66. The van der Waals surface area contributed by atoms with E-state index in [1.165, 1.54) is 0 Å². The van der Waals surface area contributed by atoms with Gasteiger partial charge < -0.3 is 5.11 Å². The maximum atomic E-state index is 13.6. The molecule has 5 aliphatic rings. The second-order valence-electron chi connectivity index (χ2n) is 14.9. The number of ketones is 1. The second-order valence-corrected chi connectivity index (χ2v) is 14.9. The number of piperazine rings is 1. The Hall–Kier alpha value is -1.65. The predicted octanol–water partition coefficient (Wildman–Crippen LogP) is 7.18. The zero-order chi connectivity index (χ0) is 31.0. The monoisotopic (exact) mass is 614 g/mol. The number of halogens is 6. The topological polar surface area (TPSA) is 43.8 Å².